The van der Waals surface area contributed by atoms with Crippen molar-refractivity contribution in [2.45, 2.75) is 34.2 Å². The Morgan fingerprint density at radius 2 is 2.00 bits per heavy atom. The lowest BCUT2D eigenvalue weighted by Crippen LogP contribution is -2.07. The molecule has 6 heteroatoms. The maximum Gasteiger partial charge on any atom is 0.272 e. The molecule has 0 radical (unpaired) electrons. The molecule has 0 N–H and O–H groups in total. The van der Waals surface area contributed by atoms with Gasteiger partial charge < -0.3 is 0 Å². The van der Waals surface area contributed by atoms with Crippen LogP contribution in [0.4, 0.5) is 5.69 Å². The van der Waals surface area contributed by atoms with Crippen molar-refractivity contribution in [2.24, 2.45) is 0 Å². The zero-order chi connectivity index (χ0) is 15.7. The minimum absolute atomic E-state index is 0.0213. The first kappa shape index (κ1) is 14.9. The predicted octanol–water partition coefficient (Wildman–Crippen LogP) is 2.97. The third-order valence-corrected chi connectivity index (χ3v) is 3.67. The highest BCUT2D eigenvalue weighted by molar-refractivity contribution is 5.96. The Kier molecular flexibility index (Phi) is 3.88. The lowest BCUT2D eigenvalue weighted by atomic mass is 10.1. The molecule has 0 amide bonds. The second-order valence-electron chi connectivity index (χ2n) is 5.08. The van der Waals surface area contributed by atoms with E-state index in [9.17, 15) is 14.9 Å². The number of Topliss-reactive ketones (excluding diaryl/α,β-unsaturated/α-hetero) is 1. The van der Waals surface area contributed by atoms with Crippen molar-refractivity contribution < 1.29 is 9.72 Å². The molecule has 1 heterocycles. The van der Waals surface area contributed by atoms with Gasteiger partial charge in [-0.15, -0.1) is 0 Å². The molecule has 0 saturated heterocycles. The lowest BCUT2D eigenvalue weighted by Gasteiger charge is -2.08. The molecule has 0 saturated carbocycles. The fourth-order valence-corrected chi connectivity index (χ4v) is 2.56. The molecule has 0 fully saturated rings. The molecule has 0 unspecified atom stereocenters. The molecule has 0 aliphatic rings. The van der Waals surface area contributed by atoms with Crippen molar-refractivity contribution >= 4 is 11.5 Å². The number of carbonyl (C=O) groups is 1. The summed E-state index contributed by atoms with van der Waals surface area (Å²) in [4.78, 5) is 22.2. The molecular weight excluding hydrogens is 270 g/mol. The number of nitro groups is 1. The minimum atomic E-state index is -0.388. The van der Waals surface area contributed by atoms with E-state index in [0.717, 1.165) is 11.3 Å². The van der Waals surface area contributed by atoms with E-state index in [0.29, 0.717) is 23.4 Å². The van der Waals surface area contributed by atoms with Gasteiger partial charge in [0, 0.05) is 17.3 Å². The van der Waals surface area contributed by atoms with E-state index in [-0.39, 0.29) is 16.4 Å². The van der Waals surface area contributed by atoms with Crippen molar-refractivity contribution in [3.05, 3.63) is 56.4 Å². The summed E-state index contributed by atoms with van der Waals surface area (Å²) in [5.41, 5.74) is 3.64. The Labute approximate surface area is 122 Å². The predicted molar refractivity (Wildman–Crippen MR) is 78.6 cm³/mol. The highest BCUT2D eigenvalue weighted by atomic mass is 16.6. The van der Waals surface area contributed by atoms with E-state index in [1.54, 1.807) is 24.6 Å². The van der Waals surface area contributed by atoms with Crippen LogP contribution in [0.5, 0.6) is 0 Å². The number of rotatable bonds is 4. The van der Waals surface area contributed by atoms with Crippen molar-refractivity contribution in [1.82, 2.24) is 9.78 Å². The van der Waals surface area contributed by atoms with E-state index in [1.807, 2.05) is 13.0 Å². The van der Waals surface area contributed by atoms with Gasteiger partial charge in [-0.1, -0.05) is 12.1 Å². The fourth-order valence-electron chi connectivity index (χ4n) is 2.56. The molecule has 0 aliphatic heterocycles. The molecule has 0 bridgehead atoms. The normalized spacial score (nSPS) is 10.7. The first-order valence-electron chi connectivity index (χ1n) is 6.60. The van der Waals surface area contributed by atoms with Crippen LogP contribution in [0, 0.1) is 30.9 Å². The smallest absolute Gasteiger partial charge is 0.272 e. The highest BCUT2D eigenvalue weighted by Crippen LogP contribution is 2.23. The Balaban J connectivity index is 2.44. The SMILES string of the molecule is CC(=O)c1c(C)nn(Cc2cccc([N+](=O)[O-])c2C)c1C. The van der Waals surface area contributed by atoms with Gasteiger partial charge in [-0.2, -0.15) is 5.10 Å². The number of hydrogen-bond donors (Lipinski definition) is 0. The molecule has 110 valence electrons. The summed E-state index contributed by atoms with van der Waals surface area (Å²) < 4.78 is 1.72. The van der Waals surface area contributed by atoms with Gasteiger partial charge in [-0.05, 0) is 33.3 Å². The van der Waals surface area contributed by atoms with Gasteiger partial charge in [0.15, 0.2) is 5.78 Å². The van der Waals surface area contributed by atoms with Crippen molar-refractivity contribution in [3.63, 3.8) is 0 Å². The van der Waals surface area contributed by atoms with Crippen molar-refractivity contribution in [2.75, 3.05) is 0 Å². The third-order valence-electron chi connectivity index (χ3n) is 3.67. The first-order chi connectivity index (χ1) is 9.82. The highest BCUT2D eigenvalue weighted by Gasteiger charge is 2.18. The minimum Gasteiger partial charge on any atom is -0.294 e. The van der Waals surface area contributed by atoms with E-state index in [4.69, 9.17) is 0 Å². The first-order valence-corrected chi connectivity index (χ1v) is 6.60. The van der Waals surface area contributed by atoms with Crippen LogP contribution in [0.15, 0.2) is 18.2 Å². The van der Waals surface area contributed by atoms with Crippen LogP contribution < -0.4 is 0 Å². The van der Waals surface area contributed by atoms with Gasteiger partial charge >= 0.3 is 0 Å². The summed E-state index contributed by atoms with van der Waals surface area (Å²) in [5, 5.41) is 15.3. The molecule has 21 heavy (non-hydrogen) atoms. The second kappa shape index (κ2) is 5.47. The lowest BCUT2D eigenvalue weighted by molar-refractivity contribution is -0.385. The van der Waals surface area contributed by atoms with Gasteiger partial charge in [-0.25, -0.2) is 0 Å². The monoisotopic (exact) mass is 287 g/mol. The maximum atomic E-state index is 11.6. The zero-order valence-electron chi connectivity index (χ0n) is 12.5. The van der Waals surface area contributed by atoms with Gasteiger partial charge in [0.2, 0.25) is 0 Å². The summed E-state index contributed by atoms with van der Waals surface area (Å²) in [6, 6.07) is 4.99. The van der Waals surface area contributed by atoms with Crippen molar-refractivity contribution in [1.29, 1.82) is 0 Å². The average Bonchev–Trinajstić information content (AvgIpc) is 2.66. The summed E-state index contributed by atoms with van der Waals surface area (Å²) in [5.74, 6) is -0.0213. The number of aryl methyl sites for hydroxylation is 1. The van der Waals surface area contributed by atoms with E-state index < -0.39 is 0 Å². The van der Waals surface area contributed by atoms with Crippen LogP contribution in [0.2, 0.25) is 0 Å². The van der Waals surface area contributed by atoms with Crippen LogP contribution in [0.1, 0.15) is 39.8 Å². The zero-order valence-corrected chi connectivity index (χ0v) is 12.5. The summed E-state index contributed by atoms with van der Waals surface area (Å²) in [7, 11) is 0. The number of nitrogens with zero attached hydrogens (tertiary/aromatic N) is 3. The van der Waals surface area contributed by atoms with E-state index in [2.05, 4.69) is 5.10 Å². The molecule has 1 aromatic heterocycles. The Morgan fingerprint density at radius 3 is 2.52 bits per heavy atom. The molecule has 0 spiro atoms. The summed E-state index contributed by atoms with van der Waals surface area (Å²) in [6.07, 6.45) is 0. The molecule has 6 nitrogen and oxygen atoms in total. The van der Waals surface area contributed by atoms with Crippen LogP contribution in [-0.4, -0.2) is 20.5 Å². The Hall–Kier alpha value is -2.50. The third kappa shape index (κ3) is 2.69. The quantitative estimate of drug-likeness (QED) is 0.492. The van der Waals surface area contributed by atoms with Crippen molar-refractivity contribution in [3.8, 4) is 0 Å². The number of benzene rings is 1. The number of carbonyl (C=O) groups excluding carboxylic acids is 1. The molecule has 2 aromatic rings. The Morgan fingerprint density at radius 1 is 1.33 bits per heavy atom. The van der Waals surface area contributed by atoms with Crippen LogP contribution in [0.3, 0.4) is 0 Å². The van der Waals surface area contributed by atoms with Crippen LogP contribution in [-0.2, 0) is 6.54 Å². The molecule has 0 aliphatic carbocycles. The summed E-state index contributed by atoms with van der Waals surface area (Å²) in [6.45, 7) is 7.28. The topological polar surface area (TPSA) is 78.0 Å². The average molecular weight is 287 g/mol. The van der Waals surface area contributed by atoms with Gasteiger partial charge in [0.05, 0.1) is 22.7 Å². The largest absolute Gasteiger partial charge is 0.294 e. The van der Waals surface area contributed by atoms with Gasteiger partial charge in [0.25, 0.3) is 5.69 Å². The fraction of sp³-hybridized carbons (Fsp3) is 0.333. The van der Waals surface area contributed by atoms with Gasteiger partial charge in [-0.3, -0.25) is 19.6 Å². The van der Waals surface area contributed by atoms with Gasteiger partial charge in [0.1, 0.15) is 0 Å². The molecular formula is C15H17N3O3. The number of nitro benzene ring substituents is 1. The second-order valence-corrected chi connectivity index (χ2v) is 5.08. The number of hydrogen-bond acceptors (Lipinski definition) is 4. The van der Waals surface area contributed by atoms with Crippen LogP contribution >= 0.6 is 0 Å². The molecule has 0 atom stereocenters. The number of aromatic nitrogens is 2. The van der Waals surface area contributed by atoms with E-state index in [1.165, 1.54) is 13.0 Å². The molecule has 1 aromatic carbocycles. The molecule has 2 rings (SSSR count). The van der Waals surface area contributed by atoms with Crippen LogP contribution in [0.25, 0.3) is 0 Å². The Bertz CT molecular complexity index is 732. The maximum absolute atomic E-state index is 11.6. The summed E-state index contributed by atoms with van der Waals surface area (Å²) >= 11 is 0. The number of ketones is 1. The standard InChI is InChI=1S/C15H17N3O3/c1-9-13(6-5-7-14(9)18(20)21)8-17-11(3)15(12(4)19)10(2)16-17/h5-7H,8H2,1-4H3. The van der Waals surface area contributed by atoms with E-state index >= 15 is 0 Å².